The average molecular weight is 353 g/mol. The molecule has 10 heteroatoms. The molecule has 0 spiro atoms. The molecule has 8 nitrogen and oxygen atoms in total. The number of rotatable bonds is 4. The minimum absolute atomic E-state index is 0.214. The summed E-state index contributed by atoms with van der Waals surface area (Å²) < 4.78 is 40.5. The van der Waals surface area contributed by atoms with Crippen molar-refractivity contribution in [1.82, 2.24) is 9.55 Å². The van der Waals surface area contributed by atoms with Gasteiger partial charge in [-0.3, -0.25) is 14.1 Å². The maximum Gasteiger partial charge on any atom is 0.326 e. The number of aliphatic carboxylic acids is 1. The number of nitrogens with zero attached hydrogens (tertiary/aromatic N) is 2. The number of sulfonamides is 1. The quantitative estimate of drug-likeness (QED) is 0.837. The van der Waals surface area contributed by atoms with Gasteiger partial charge < -0.3 is 5.11 Å². The van der Waals surface area contributed by atoms with Crippen molar-refractivity contribution in [2.24, 2.45) is 0 Å². The van der Waals surface area contributed by atoms with Gasteiger partial charge in [0.1, 0.15) is 23.4 Å². The summed E-state index contributed by atoms with van der Waals surface area (Å²) >= 11 is 0. The number of carbonyl (C=O) groups is 1. The predicted molar refractivity (Wildman–Crippen MR) is 80.7 cm³/mol. The molecule has 0 bridgehead atoms. The second-order valence-corrected chi connectivity index (χ2v) is 6.90. The van der Waals surface area contributed by atoms with E-state index < -0.39 is 33.4 Å². The average Bonchev–Trinajstić information content (AvgIpc) is 2.95. The second-order valence-electron chi connectivity index (χ2n) is 5.22. The highest BCUT2D eigenvalue weighted by molar-refractivity contribution is 7.92. The lowest BCUT2D eigenvalue weighted by molar-refractivity contribution is -0.140. The number of fused-ring (bicyclic) bond motifs is 1. The zero-order valence-electron chi connectivity index (χ0n) is 12.1. The van der Waals surface area contributed by atoms with E-state index in [1.165, 1.54) is 0 Å². The minimum atomic E-state index is -4.13. The van der Waals surface area contributed by atoms with Crippen LogP contribution in [0.5, 0.6) is 0 Å². The molecule has 0 radical (unpaired) electrons. The van der Waals surface area contributed by atoms with Gasteiger partial charge in [-0.25, -0.2) is 22.6 Å². The molecule has 1 aliphatic rings. The summed E-state index contributed by atoms with van der Waals surface area (Å²) in [6.07, 6.45) is 1.59. The fourth-order valence-electron chi connectivity index (χ4n) is 2.53. The van der Waals surface area contributed by atoms with E-state index in [1.54, 1.807) is 0 Å². The molecule has 0 saturated carbocycles. The first kappa shape index (κ1) is 16.1. The number of aryl methyl sites for hydroxylation is 1. The van der Waals surface area contributed by atoms with Gasteiger partial charge in [0.25, 0.3) is 15.6 Å². The number of benzene rings is 1. The number of aromatic nitrogens is 2. The summed E-state index contributed by atoms with van der Waals surface area (Å²) in [6, 6.07) is 2.98. The molecule has 24 heavy (non-hydrogen) atoms. The summed E-state index contributed by atoms with van der Waals surface area (Å²) in [4.78, 5) is 27.3. The van der Waals surface area contributed by atoms with Crippen molar-refractivity contribution in [3.8, 4) is 0 Å². The first-order valence-corrected chi connectivity index (χ1v) is 8.39. The standard InChI is InChI=1S/C14H12FN3O5S/c15-8-1-3-9(4-2-8)24(22,23)17-10-7-16-12-6-5-11(14(20)21)18(12)13(10)19/h1-4,7,11,17H,5-6H2,(H,20,21)/t11-/m0/s1. The molecule has 0 saturated heterocycles. The van der Waals surface area contributed by atoms with E-state index in [9.17, 15) is 22.4 Å². The molecule has 0 fully saturated rings. The smallest absolute Gasteiger partial charge is 0.326 e. The van der Waals surface area contributed by atoms with Crippen molar-refractivity contribution >= 4 is 21.7 Å². The molecule has 0 amide bonds. The largest absolute Gasteiger partial charge is 0.480 e. The Morgan fingerprint density at radius 3 is 2.62 bits per heavy atom. The molecule has 1 aliphatic heterocycles. The first-order chi connectivity index (χ1) is 11.3. The molecule has 0 aliphatic carbocycles. The highest BCUT2D eigenvalue weighted by Crippen LogP contribution is 2.23. The summed E-state index contributed by atoms with van der Waals surface area (Å²) in [5.41, 5.74) is -1.15. The molecule has 2 heterocycles. The molecular weight excluding hydrogens is 341 g/mol. The number of anilines is 1. The van der Waals surface area contributed by atoms with E-state index in [0.717, 1.165) is 35.0 Å². The van der Waals surface area contributed by atoms with Crippen LogP contribution in [0.15, 0.2) is 40.2 Å². The van der Waals surface area contributed by atoms with Crippen LogP contribution in [0.25, 0.3) is 0 Å². The van der Waals surface area contributed by atoms with E-state index in [-0.39, 0.29) is 22.8 Å². The third-order valence-electron chi connectivity index (χ3n) is 3.68. The maximum atomic E-state index is 12.9. The molecule has 2 aromatic rings. The number of carboxylic acids is 1. The molecule has 1 aromatic carbocycles. The number of hydrogen-bond acceptors (Lipinski definition) is 5. The van der Waals surface area contributed by atoms with E-state index in [0.29, 0.717) is 6.42 Å². The third kappa shape index (κ3) is 2.75. The molecular formula is C14H12FN3O5S. The van der Waals surface area contributed by atoms with Gasteiger partial charge in [0.2, 0.25) is 0 Å². The zero-order chi connectivity index (χ0) is 17.5. The SMILES string of the molecule is O=C(O)[C@@H]1CCc2ncc(NS(=O)(=O)c3ccc(F)cc3)c(=O)n21. The van der Waals surface area contributed by atoms with Gasteiger partial charge in [0.05, 0.1) is 11.1 Å². The second kappa shape index (κ2) is 5.71. The van der Waals surface area contributed by atoms with Gasteiger partial charge in [-0.1, -0.05) is 0 Å². The summed E-state index contributed by atoms with van der Waals surface area (Å²) in [6.45, 7) is 0. The Morgan fingerprint density at radius 2 is 2.00 bits per heavy atom. The van der Waals surface area contributed by atoms with Crippen LogP contribution in [-0.4, -0.2) is 29.0 Å². The van der Waals surface area contributed by atoms with Crippen LogP contribution in [0.3, 0.4) is 0 Å². The Hall–Kier alpha value is -2.75. The monoisotopic (exact) mass is 353 g/mol. The molecule has 126 valence electrons. The van der Waals surface area contributed by atoms with Gasteiger partial charge in [-0.2, -0.15) is 0 Å². The Labute approximate surface area is 135 Å². The highest BCUT2D eigenvalue weighted by atomic mass is 32.2. The van der Waals surface area contributed by atoms with Gasteiger partial charge in [-0.15, -0.1) is 0 Å². The molecule has 1 aromatic heterocycles. The molecule has 1 atom stereocenters. The summed E-state index contributed by atoms with van der Waals surface area (Å²) in [5, 5.41) is 9.15. The van der Waals surface area contributed by atoms with Crippen LogP contribution >= 0.6 is 0 Å². The predicted octanol–water partition coefficient (Wildman–Crippen LogP) is 0.755. The molecule has 0 unspecified atom stereocenters. The normalized spacial score (nSPS) is 16.6. The summed E-state index contributed by atoms with van der Waals surface area (Å²) in [5.74, 6) is -1.49. The fourth-order valence-corrected chi connectivity index (χ4v) is 3.57. The lowest BCUT2D eigenvalue weighted by Crippen LogP contribution is -2.31. The minimum Gasteiger partial charge on any atom is -0.480 e. The number of halogens is 1. The Bertz CT molecular complexity index is 969. The number of nitrogens with one attached hydrogen (secondary N) is 1. The Kier molecular flexibility index (Phi) is 3.84. The van der Waals surface area contributed by atoms with Crippen molar-refractivity contribution < 1.29 is 22.7 Å². The van der Waals surface area contributed by atoms with E-state index >= 15 is 0 Å². The fraction of sp³-hybridized carbons (Fsp3) is 0.214. The molecule has 3 rings (SSSR count). The van der Waals surface area contributed by atoms with Crippen LogP contribution in [-0.2, 0) is 21.2 Å². The van der Waals surface area contributed by atoms with Crippen molar-refractivity contribution in [2.45, 2.75) is 23.8 Å². The molecule has 2 N–H and O–H groups in total. The number of carboxylic acid groups (broad SMARTS) is 1. The first-order valence-electron chi connectivity index (χ1n) is 6.91. The lowest BCUT2D eigenvalue weighted by atomic mass is 10.2. The van der Waals surface area contributed by atoms with E-state index in [4.69, 9.17) is 5.11 Å². The summed E-state index contributed by atoms with van der Waals surface area (Å²) in [7, 11) is -4.13. The van der Waals surface area contributed by atoms with Gasteiger partial charge in [0.15, 0.2) is 0 Å². The van der Waals surface area contributed by atoms with Crippen LogP contribution < -0.4 is 10.3 Å². The van der Waals surface area contributed by atoms with Gasteiger partial charge in [0, 0.05) is 6.42 Å². The van der Waals surface area contributed by atoms with Crippen molar-refractivity contribution in [3.05, 3.63) is 52.5 Å². The van der Waals surface area contributed by atoms with Crippen molar-refractivity contribution in [1.29, 1.82) is 0 Å². The Balaban J connectivity index is 2.00. The van der Waals surface area contributed by atoms with Gasteiger partial charge >= 0.3 is 5.97 Å². The van der Waals surface area contributed by atoms with E-state index in [2.05, 4.69) is 9.71 Å². The third-order valence-corrected chi connectivity index (χ3v) is 5.06. The van der Waals surface area contributed by atoms with Crippen molar-refractivity contribution in [2.75, 3.05) is 4.72 Å². The van der Waals surface area contributed by atoms with Crippen LogP contribution in [0.2, 0.25) is 0 Å². The van der Waals surface area contributed by atoms with E-state index in [1.807, 2.05) is 0 Å². The van der Waals surface area contributed by atoms with Crippen LogP contribution in [0.1, 0.15) is 18.3 Å². The Morgan fingerprint density at radius 1 is 1.33 bits per heavy atom. The van der Waals surface area contributed by atoms with Gasteiger partial charge in [-0.05, 0) is 30.7 Å². The lowest BCUT2D eigenvalue weighted by Gasteiger charge is -2.12. The topological polar surface area (TPSA) is 118 Å². The zero-order valence-corrected chi connectivity index (χ0v) is 13.0. The maximum absolute atomic E-state index is 12.9. The van der Waals surface area contributed by atoms with Crippen LogP contribution in [0, 0.1) is 5.82 Å². The highest BCUT2D eigenvalue weighted by Gasteiger charge is 2.31. The van der Waals surface area contributed by atoms with Crippen molar-refractivity contribution in [3.63, 3.8) is 0 Å². The number of hydrogen-bond donors (Lipinski definition) is 2. The van der Waals surface area contributed by atoms with Crippen LogP contribution in [0.4, 0.5) is 10.1 Å².